The third-order valence-corrected chi connectivity index (χ3v) is 3.36. The van der Waals surface area contributed by atoms with Crippen molar-refractivity contribution in [3.63, 3.8) is 0 Å². The fourth-order valence-electron chi connectivity index (χ4n) is 2.28. The lowest BCUT2D eigenvalue weighted by Gasteiger charge is -2.26. The van der Waals surface area contributed by atoms with Crippen LogP contribution in [-0.4, -0.2) is 37.0 Å². The topological polar surface area (TPSA) is 32.3 Å². The molecule has 2 rings (SSSR count). The van der Waals surface area contributed by atoms with Gasteiger partial charge in [-0.25, -0.2) is 0 Å². The number of hydrogen-bond acceptors (Lipinski definition) is 2. The second kappa shape index (κ2) is 7.74. The smallest absolute Gasteiger partial charge is 0.236 e. The Morgan fingerprint density at radius 2 is 1.89 bits per heavy atom. The van der Waals surface area contributed by atoms with Crippen molar-refractivity contribution in [1.82, 2.24) is 10.2 Å². The zero-order chi connectivity index (χ0) is 13.3. The lowest BCUT2D eigenvalue weighted by Crippen LogP contribution is -2.41. The van der Waals surface area contributed by atoms with Crippen LogP contribution in [0.15, 0.2) is 36.4 Å². The Labute approximate surface area is 115 Å². The molecule has 1 aromatic rings. The van der Waals surface area contributed by atoms with Crippen molar-refractivity contribution in [3.05, 3.63) is 42.0 Å². The van der Waals surface area contributed by atoms with E-state index in [2.05, 4.69) is 29.6 Å². The number of likely N-dealkylation sites (tertiary alicyclic amines) is 1. The second-order valence-electron chi connectivity index (χ2n) is 4.89. The van der Waals surface area contributed by atoms with E-state index in [1.807, 2.05) is 23.1 Å². The van der Waals surface area contributed by atoms with Crippen molar-refractivity contribution in [2.75, 3.05) is 26.2 Å². The molecule has 1 aliphatic heterocycles. The van der Waals surface area contributed by atoms with Gasteiger partial charge >= 0.3 is 0 Å². The molecule has 0 radical (unpaired) electrons. The fourth-order valence-corrected chi connectivity index (χ4v) is 2.28. The number of hydrogen-bond donors (Lipinski definition) is 1. The molecule has 0 bridgehead atoms. The van der Waals surface area contributed by atoms with Crippen LogP contribution < -0.4 is 5.32 Å². The van der Waals surface area contributed by atoms with E-state index in [4.69, 9.17) is 0 Å². The number of rotatable bonds is 5. The SMILES string of the molecule is O=C(CNC/C=C/c1ccccc1)N1CCCCC1. The maximum absolute atomic E-state index is 11.9. The van der Waals surface area contributed by atoms with E-state index in [9.17, 15) is 4.79 Å². The van der Waals surface area contributed by atoms with Crippen LogP contribution in [0.5, 0.6) is 0 Å². The van der Waals surface area contributed by atoms with Crippen molar-refractivity contribution in [1.29, 1.82) is 0 Å². The molecule has 1 aromatic carbocycles. The van der Waals surface area contributed by atoms with Crippen LogP contribution in [0.1, 0.15) is 24.8 Å². The van der Waals surface area contributed by atoms with Gasteiger partial charge in [-0.3, -0.25) is 4.79 Å². The summed E-state index contributed by atoms with van der Waals surface area (Å²) >= 11 is 0. The Morgan fingerprint density at radius 3 is 2.63 bits per heavy atom. The number of piperidine rings is 1. The molecule has 0 atom stereocenters. The minimum Gasteiger partial charge on any atom is -0.342 e. The highest BCUT2D eigenvalue weighted by Gasteiger charge is 2.15. The average Bonchev–Trinajstić information content (AvgIpc) is 2.49. The highest BCUT2D eigenvalue weighted by Crippen LogP contribution is 2.08. The maximum atomic E-state index is 11.9. The number of benzene rings is 1. The average molecular weight is 258 g/mol. The molecule has 19 heavy (non-hydrogen) atoms. The summed E-state index contributed by atoms with van der Waals surface area (Å²) in [6, 6.07) is 10.2. The van der Waals surface area contributed by atoms with Crippen molar-refractivity contribution in [2.24, 2.45) is 0 Å². The van der Waals surface area contributed by atoms with E-state index in [1.165, 1.54) is 12.0 Å². The van der Waals surface area contributed by atoms with Gasteiger partial charge in [0.05, 0.1) is 6.54 Å². The summed E-state index contributed by atoms with van der Waals surface area (Å²) in [7, 11) is 0. The van der Waals surface area contributed by atoms with Gasteiger partial charge in [-0.15, -0.1) is 0 Å². The van der Waals surface area contributed by atoms with Crippen molar-refractivity contribution in [2.45, 2.75) is 19.3 Å². The standard InChI is InChI=1S/C16H22N2O/c19-16(18-12-5-2-6-13-18)14-17-11-7-10-15-8-3-1-4-9-15/h1,3-4,7-10,17H,2,5-6,11-14H2/b10-7+. The number of nitrogens with one attached hydrogen (secondary N) is 1. The molecule has 1 heterocycles. The lowest BCUT2D eigenvalue weighted by atomic mass is 10.1. The first-order valence-corrected chi connectivity index (χ1v) is 7.06. The van der Waals surface area contributed by atoms with Gasteiger partial charge in [-0.1, -0.05) is 42.5 Å². The first-order chi connectivity index (χ1) is 9.36. The Kier molecular flexibility index (Phi) is 5.63. The minimum atomic E-state index is 0.229. The van der Waals surface area contributed by atoms with E-state index < -0.39 is 0 Å². The Bertz CT molecular complexity index is 408. The minimum absolute atomic E-state index is 0.229. The third-order valence-electron chi connectivity index (χ3n) is 3.36. The molecule has 1 aliphatic rings. The normalized spacial score (nSPS) is 15.9. The second-order valence-corrected chi connectivity index (χ2v) is 4.89. The zero-order valence-electron chi connectivity index (χ0n) is 11.3. The van der Waals surface area contributed by atoms with E-state index in [1.54, 1.807) is 0 Å². The summed E-state index contributed by atoms with van der Waals surface area (Å²) in [5.41, 5.74) is 1.19. The van der Waals surface area contributed by atoms with Crippen LogP contribution in [0.3, 0.4) is 0 Å². The molecule has 1 saturated heterocycles. The predicted molar refractivity (Wildman–Crippen MR) is 78.8 cm³/mol. The van der Waals surface area contributed by atoms with Crippen molar-refractivity contribution < 1.29 is 4.79 Å². The van der Waals surface area contributed by atoms with Crippen LogP contribution in [0.2, 0.25) is 0 Å². The Hall–Kier alpha value is -1.61. The molecule has 0 aromatic heterocycles. The molecule has 0 saturated carbocycles. The Morgan fingerprint density at radius 1 is 1.16 bits per heavy atom. The molecule has 1 fully saturated rings. The summed E-state index contributed by atoms with van der Waals surface area (Å²) in [6.07, 6.45) is 7.69. The van der Waals surface area contributed by atoms with Gasteiger partial charge < -0.3 is 10.2 Å². The monoisotopic (exact) mass is 258 g/mol. The van der Waals surface area contributed by atoms with Crippen LogP contribution in [0.4, 0.5) is 0 Å². The van der Waals surface area contributed by atoms with Crippen LogP contribution in [-0.2, 0) is 4.79 Å². The summed E-state index contributed by atoms with van der Waals surface area (Å²) < 4.78 is 0. The van der Waals surface area contributed by atoms with E-state index in [0.29, 0.717) is 6.54 Å². The maximum Gasteiger partial charge on any atom is 0.236 e. The number of amides is 1. The first kappa shape index (κ1) is 13.8. The molecule has 1 amide bonds. The summed E-state index contributed by atoms with van der Waals surface area (Å²) in [4.78, 5) is 13.8. The number of carbonyl (C=O) groups excluding carboxylic acids is 1. The summed E-state index contributed by atoms with van der Waals surface area (Å²) in [5, 5.41) is 3.17. The number of carbonyl (C=O) groups is 1. The van der Waals surface area contributed by atoms with Gasteiger partial charge in [0.25, 0.3) is 0 Å². The highest BCUT2D eigenvalue weighted by molar-refractivity contribution is 5.78. The molecule has 3 nitrogen and oxygen atoms in total. The summed E-state index contributed by atoms with van der Waals surface area (Å²) in [5.74, 6) is 0.229. The van der Waals surface area contributed by atoms with Gasteiger partial charge in [0, 0.05) is 19.6 Å². The quantitative estimate of drug-likeness (QED) is 0.822. The largest absolute Gasteiger partial charge is 0.342 e. The molecular weight excluding hydrogens is 236 g/mol. The molecular formula is C16H22N2O. The molecule has 1 N–H and O–H groups in total. The van der Waals surface area contributed by atoms with Gasteiger partial charge in [-0.2, -0.15) is 0 Å². The molecule has 0 aliphatic carbocycles. The van der Waals surface area contributed by atoms with Crippen LogP contribution in [0.25, 0.3) is 6.08 Å². The third kappa shape index (κ3) is 4.87. The van der Waals surface area contributed by atoms with E-state index >= 15 is 0 Å². The molecule has 102 valence electrons. The van der Waals surface area contributed by atoms with Crippen LogP contribution in [0, 0.1) is 0 Å². The Balaban J connectivity index is 1.63. The molecule has 3 heteroatoms. The van der Waals surface area contributed by atoms with E-state index in [-0.39, 0.29) is 5.91 Å². The summed E-state index contributed by atoms with van der Waals surface area (Å²) in [6.45, 7) is 3.04. The fraction of sp³-hybridized carbons (Fsp3) is 0.438. The highest BCUT2D eigenvalue weighted by atomic mass is 16.2. The predicted octanol–water partition coefficient (Wildman–Crippen LogP) is 2.30. The molecule has 0 spiro atoms. The van der Waals surface area contributed by atoms with Gasteiger partial charge in [-0.05, 0) is 24.8 Å². The number of nitrogens with zero attached hydrogens (tertiary/aromatic N) is 1. The first-order valence-electron chi connectivity index (χ1n) is 7.06. The van der Waals surface area contributed by atoms with Gasteiger partial charge in [0.1, 0.15) is 0 Å². The van der Waals surface area contributed by atoms with Crippen molar-refractivity contribution in [3.8, 4) is 0 Å². The molecule has 0 unspecified atom stereocenters. The zero-order valence-corrected chi connectivity index (χ0v) is 11.3. The van der Waals surface area contributed by atoms with Gasteiger partial charge in [0.2, 0.25) is 5.91 Å². The lowest BCUT2D eigenvalue weighted by molar-refractivity contribution is -0.131. The van der Waals surface area contributed by atoms with Crippen LogP contribution >= 0.6 is 0 Å². The van der Waals surface area contributed by atoms with Crippen molar-refractivity contribution >= 4 is 12.0 Å². The van der Waals surface area contributed by atoms with Gasteiger partial charge in [0.15, 0.2) is 0 Å². The van der Waals surface area contributed by atoms with E-state index in [0.717, 1.165) is 32.5 Å².